The summed E-state index contributed by atoms with van der Waals surface area (Å²) < 4.78 is 21.1. The molecule has 3 aromatic rings. The fourth-order valence-corrected chi connectivity index (χ4v) is 3.61. The van der Waals surface area contributed by atoms with Crippen molar-refractivity contribution in [3.05, 3.63) is 57.8 Å². The van der Waals surface area contributed by atoms with E-state index in [-0.39, 0.29) is 22.5 Å². The van der Waals surface area contributed by atoms with Crippen LogP contribution in [0.25, 0.3) is 11.3 Å². The van der Waals surface area contributed by atoms with E-state index in [1.165, 1.54) is 12.1 Å². The minimum absolute atomic E-state index is 0.0361. The predicted molar refractivity (Wildman–Crippen MR) is 106 cm³/mol. The molecule has 0 aliphatic carbocycles. The van der Waals surface area contributed by atoms with Crippen molar-refractivity contribution in [2.45, 2.75) is 32.5 Å². The number of carbonyl (C=O) groups excluding carboxylic acids is 1. The number of nitriles is 1. The molecule has 0 saturated heterocycles. The quantitative estimate of drug-likeness (QED) is 0.649. The molecular weight excluding hydrogens is 411 g/mol. The van der Waals surface area contributed by atoms with Crippen molar-refractivity contribution in [3.63, 3.8) is 0 Å². The van der Waals surface area contributed by atoms with Gasteiger partial charge in [0.2, 0.25) is 0 Å². The van der Waals surface area contributed by atoms with E-state index in [4.69, 9.17) is 21.6 Å². The lowest BCUT2D eigenvalue weighted by Crippen LogP contribution is -2.36. The Morgan fingerprint density at radius 1 is 1.53 bits per heavy atom. The first-order chi connectivity index (χ1) is 14.5. The van der Waals surface area contributed by atoms with E-state index in [9.17, 15) is 9.18 Å². The molecule has 4 rings (SSSR count). The molecule has 1 atom stereocenters. The lowest BCUT2D eigenvalue weighted by Gasteiger charge is -2.15. The average Bonchev–Trinajstić information content (AvgIpc) is 3.34. The largest absolute Gasteiger partial charge is 0.376 e. The molecular formula is C20H18ClFN6O2. The van der Waals surface area contributed by atoms with Crippen molar-refractivity contribution in [3.8, 4) is 17.3 Å². The number of rotatable bonds is 5. The van der Waals surface area contributed by atoms with Crippen molar-refractivity contribution >= 4 is 17.5 Å². The van der Waals surface area contributed by atoms with Gasteiger partial charge in [-0.15, -0.1) is 0 Å². The normalized spacial score (nSPS) is 14.1. The van der Waals surface area contributed by atoms with Gasteiger partial charge >= 0.3 is 0 Å². The monoisotopic (exact) mass is 428 g/mol. The predicted octanol–water partition coefficient (Wildman–Crippen LogP) is 2.83. The summed E-state index contributed by atoms with van der Waals surface area (Å²) in [4.78, 5) is 12.6. The second kappa shape index (κ2) is 8.26. The van der Waals surface area contributed by atoms with Crippen LogP contribution in [0.4, 0.5) is 4.39 Å². The van der Waals surface area contributed by atoms with Crippen molar-refractivity contribution in [2.24, 2.45) is 0 Å². The first kappa shape index (κ1) is 20.1. The van der Waals surface area contributed by atoms with Crippen LogP contribution in [0.15, 0.2) is 24.4 Å². The van der Waals surface area contributed by atoms with Crippen molar-refractivity contribution in [1.29, 1.82) is 5.26 Å². The van der Waals surface area contributed by atoms with E-state index < -0.39 is 5.82 Å². The van der Waals surface area contributed by atoms with Crippen molar-refractivity contribution in [1.82, 2.24) is 25.3 Å². The molecule has 8 nitrogen and oxygen atoms in total. The summed E-state index contributed by atoms with van der Waals surface area (Å²) in [6.07, 6.45) is 2.44. The minimum Gasteiger partial charge on any atom is -0.376 e. The third kappa shape index (κ3) is 3.92. The summed E-state index contributed by atoms with van der Waals surface area (Å²) in [6.45, 7) is 3.24. The molecule has 154 valence electrons. The van der Waals surface area contributed by atoms with Crippen LogP contribution in [-0.4, -0.2) is 38.5 Å². The molecule has 1 aromatic carbocycles. The molecule has 3 heterocycles. The topological polar surface area (TPSA) is 109 Å². The lowest BCUT2D eigenvalue weighted by atomic mass is 10.1. The van der Waals surface area contributed by atoms with Crippen LogP contribution in [-0.2, 0) is 24.3 Å². The standard InChI is InChI=1S/C20H18ClFN6O2/c1-11(24-20(29)19-14-10-30-5-3-18(14)25-26-19)9-28-4-2-17(27-28)12-6-15(21)13(8-23)16(22)7-12/h2,4,6-7,11H,3,5,9-10H2,1H3,(H,24,29)(H,25,26)/t11-/m0/s1. The number of hydrogen-bond acceptors (Lipinski definition) is 5. The number of fused-ring (bicyclic) bond motifs is 1. The molecule has 10 heteroatoms. The highest BCUT2D eigenvalue weighted by Gasteiger charge is 2.23. The molecule has 0 radical (unpaired) electrons. The highest BCUT2D eigenvalue weighted by molar-refractivity contribution is 6.32. The van der Waals surface area contributed by atoms with Crippen LogP contribution < -0.4 is 5.32 Å². The van der Waals surface area contributed by atoms with E-state index in [2.05, 4.69) is 20.6 Å². The van der Waals surface area contributed by atoms with E-state index in [1.54, 1.807) is 23.0 Å². The average molecular weight is 429 g/mol. The van der Waals surface area contributed by atoms with Gasteiger partial charge in [0.05, 0.1) is 30.5 Å². The Morgan fingerprint density at radius 2 is 2.37 bits per heavy atom. The Labute approximate surface area is 176 Å². The summed E-state index contributed by atoms with van der Waals surface area (Å²) >= 11 is 5.97. The van der Waals surface area contributed by atoms with E-state index in [1.807, 2.05) is 6.92 Å². The van der Waals surface area contributed by atoms with Gasteiger partial charge in [0, 0.05) is 35.5 Å². The number of benzene rings is 1. The zero-order valence-electron chi connectivity index (χ0n) is 16.1. The number of nitrogens with one attached hydrogen (secondary N) is 2. The number of H-pyrrole nitrogens is 1. The molecule has 2 aromatic heterocycles. The minimum atomic E-state index is -0.693. The Kier molecular flexibility index (Phi) is 5.53. The molecule has 0 spiro atoms. The highest BCUT2D eigenvalue weighted by atomic mass is 35.5. The van der Waals surface area contributed by atoms with Gasteiger partial charge in [-0.1, -0.05) is 11.6 Å². The maximum atomic E-state index is 14.0. The van der Waals surface area contributed by atoms with Crippen LogP contribution in [0, 0.1) is 17.1 Å². The van der Waals surface area contributed by atoms with Crippen molar-refractivity contribution < 1.29 is 13.9 Å². The highest BCUT2D eigenvalue weighted by Crippen LogP contribution is 2.26. The van der Waals surface area contributed by atoms with Crippen molar-refractivity contribution in [2.75, 3.05) is 6.61 Å². The molecule has 0 bridgehead atoms. The maximum absolute atomic E-state index is 14.0. The van der Waals surface area contributed by atoms with Crippen LogP contribution in [0.1, 0.15) is 34.2 Å². The van der Waals surface area contributed by atoms with Crippen LogP contribution in [0.3, 0.4) is 0 Å². The van der Waals surface area contributed by atoms with Gasteiger partial charge < -0.3 is 10.1 Å². The molecule has 1 aliphatic rings. The van der Waals surface area contributed by atoms with Gasteiger partial charge in [0.1, 0.15) is 17.4 Å². The van der Waals surface area contributed by atoms with Crippen LogP contribution >= 0.6 is 11.6 Å². The van der Waals surface area contributed by atoms with E-state index in [0.29, 0.717) is 43.1 Å². The van der Waals surface area contributed by atoms with E-state index in [0.717, 1.165) is 11.3 Å². The van der Waals surface area contributed by atoms with Gasteiger partial charge in [0.25, 0.3) is 5.91 Å². The zero-order chi connectivity index (χ0) is 21.3. The second-order valence-corrected chi connectivity index (χ2v) is 7.46. The third-order valence-corrected chi connectivity index (χ3v) is 5.14. The molecule has 0 saturated carbocycles. The smallest absolute Gasteiger partial charge is 0.272 e. The molecule has 1 aliphatic heterocycles. The zero-order valence-corrected chi connectivity index (χ0v) is 16.8. The number of ether oxygens (including phenoxy) is 1. The molecule has 0 unspecified atom stereocenters. The number of halogens is 2. The SMILES string of the molecule is C[C@@H](Cn1ccc(-c2cc(F)c(C#N)c(Cl)c2)n1)NC(=O)c1n[nH]c2c1COCC2. The summed E-state index contributed by atoms with van der Waals surface area (Å²) in [6, 6.07) is 5.95. The van der Waals surface area contributed by atoms with Gasteiger partial charge in [-0.3, -0.25) is 14.6 Å². The Balaban J connectivity index is 1.43. The Bertz CT molecular complexity index is 1130. The van der Waals surface area contributed by atoms with Gasteiger partial charge in [0.15, 0.2) is 5.69 Å². The third-order valence-electron chi connectivity index (χ3n) is 4.84. The summed E-state index contributed by atoms with van der Waals surface area (Å²) in [5, 5.41) is 23.3. The number of nitrogens with zero attached hydrogens (tertiary/aromatic N) is 4. The fraction of sp³-hybridized carbons (Fsp3) is 0.300. The number of aromatic amines is 1. The first-order valence-corrected chi connectivity index (χ1v) is 9.71. The molecule has 0 fully saturated rings. The maximum Gasteiger partial charge on any atom is 0.272 e. The summed E-state index contributed by atoms with van der Waals surface area (Å²) in [5.74, 6) is -0.972. The Hall–Kier alpha value is -3.22. The molecule has 2 N–H and O–H groups in total. The van der Waals surface area contributed by atoms with Gasteiger partial charge in [-0.25, -0.2) is 4.39 Å². The molecule has 1 amide bonds. The van der Waals surface area contributed by atoms with E-state index >= 15 is 0 Å². The van der Waals surface area contributed by atoms with Crippen LogP contribution in [0.2, 0.25) is 5.02 Å². The second-order valence-electron chi connectivity index (χ2n) is 7.06. The van der Waals surface area contributed by atoms with Gasteiger partial charge in [-0.2, -0.15) is 15.5 Å². The lowest BCUT2D eigenvalue weighted by molar-refractivity contribution is 0.0909. The van der Waals surface area contributed by atoms with Gasteiger partial charge in [-0.05, 0) is 25.1 Å². The summed E-state index contributed by atoms with van der Waals surface area (Å²) in [7, 11) is 0. The summed E-state index contributed by atoms with van der Waals surface area (Å²) in [5.41, 5.74) is 2.87. The number of amides is 1. The van der Waals surface area contributed by atoms with Crippen LogP contribution in [0.5, 0.6) is 0 Å². The number of aromatic nitrogens is 4. The number of carbonyl (C=O) groups is 1. The molecule has 30 heavy (non-hydrogen) atoms. The Morgan fingerprint density at radius 3 is 3.13 bits per heavy atom. The first-order valence-electron chi connectivity index (χ1n) is 9.34. The fourth-order valence-electron chi connectivity index (χ4n) is 3.36. The number of hydrogen-bond donors (Lipinski definition) is 2.